The lowest BCUT2D eigenvalue weighted by Gasteiger charge is -2.35. The highest BCUT2D eigenvalue weighted by atomic mass is 16.5. The van der Waals surface area contributed by atoms with E-state index < -0.39 is 0 Å². The molecule has 0 radical (unpaired) electrons. The third kappa shape index (κ3) is 3.24. The molecule has 3 heteroatoms. The van der Waals surface area contributed by atoms with E-state index in [0.717, 1.165) is 5.75 Å². The van der Waals surface area contributed by atoms with Crippen LogP contribution in [-0.4, -0.2) is 37.7 Å². The average molecular weight is 250 g/mol. The van der Waals surface area contributed by atoms with Crippen LogP contribution in [0.2, 0.25) is 0 Å². The molecule has 0 spiro atoms. The van der Waals surface area contributed by atoms with Gasteiger partial charge in [-0.05, 0) is 52.9 Å². The molecule has 0 aromatic heterocycles. The van der Waals surface area contributed by atoms with Gasteiger partial charge in [-0.2, -0.15) is 0 Å². The van der Waals surface area contributed by atoms with Crippen molar-refractivity contribution in [3.05, 3.63) is 28.8 Å². The SMILES string of the molecule is Cc1cc(C)c(OCC(C)(CN)N(C)C)c(C)c1. The molecule has 1 aromatic carbocycles. The van der Waals surface area contributed by atoms with Gasteiger partial charge < -0.3 is 10.5 Å². The quantitative estimate of drug-likeness (QED) is 0.871. The Morgan fingerprint density at radius 2 is 1.67 bits per heavy atom. The van der Waals surface area contributed by atoms with Gasteiger partial charge in [0.1, 0.15) is 12.4 Å². The van der Waals surface area contributed by atoms with Crippen molar-refractivity contribution >= 4 is 0 Å². The molecule has 2 N–H and O–H groups in total. The van der Waals surface area contributed by atoms with Gasteiger partial charge in [0.05, 0.1) is 5.54 Å². The zero-order valence-corrected chi connectivity index (χ0v) is 12.5. The lowest BCUT2D eigenvalue weighted by Crippen LogP contribution is -2.52. The van der Waals surface area contributed by atoms with Crippen LogP contribution in [0.15, 0.2) is 12.1 Å². The maximum absolute atomic E-state index is 6.02. The summed E-state index contributed by atoms with van der Waals surface area (Å²) >= 11 is 0. The molecule has 102 valence electrons. The van der Waals surface area contributed by atoms with Gasteiger partial charge in [0, 0.05) is 6.54 Å². The Morgan fingerprint density at radius 1 is 1.17 bits per heavy atom. The fourth-order valence-corrected chi connectivity index (χ4v) is 1.99. The molecule has 0 aliphatic rings. The molecule has 1 atom stereocenters. The van der Waals surface area contributed by atoms with Gasteiger partial charge in [-0.3, -0.25) is 4.90 Å². The number of benzene rings is 1. The number of nitrogens with two attached hydrogens (primary N) is 1. The predicted molar refractivity (Wildman–Crippen MR) is 77.3 cm³/mol. The second-order valence-corrected chi connectivity index (χ2v) is 5.61. The van der Waals surface area contributed by atoms with Crippen LogP contribution in [0.4, 0.5) is 0 Å². The van der Waals surface area contributed by atoms with Crippen molar-refractivity contribution in [3.8, 4) is 5.75 Å². The summed E-state index contributed by atoms with van der Waals surface area (Å²) in [6.07, 6.45) is 0. The summed E-state index contributed by atoms with van der Waals surface area (Å²) < 4.78 is 6.02. The molecule has 1 rings (SSSR count). The van der Waals surface area contributed by atoms with Crippen LogP contribution >= 0.6 is 0 Å². The van der Waals surface area contributed by atoms with E-state index in [2.05, 4.69) is 44.7 Å². The standard InChI is InChI=1S/C15H26N2O/c1-11-7-12(2)14(13(3)8-11)18-10-15(4,9-16)17(5)6/h7-8H,9-10,16H2,1-6H3. The van der Waals surface area contributed by atoms with Crippen molar-refractivity contribution < 1.29 is 4.74 Å². The largest absolute Gasteiger partial charge is 0.491 e. The number of nitrogens with zero attached hydrogens (tertiary/aromatic N) is 1. The summed E-state index contributed by atoms with van der Waals surface area (Å²) in [5, 5.41) is 0. The van der Waals surface area contributed by atoms with Crippen LogP contribution in [0.1, 0.15) is 23.6 Å². The van der Waals surface area contributed by atoms with Crippen LogP contribution < -0.4 is 10.5 Å². The molecule has 0 saturated heterocycles. The van der Waals surface area contributed by atoms with E-state index in [1.54, 1.807) is 0 Å². The maximum Gasteiger partial charge on any atom is 0.125 e. The Hall–Kier alpha value is -1.06. The Balaban J connectivity index is 2.87. The molecule has 0 aliphatic heterocycles. The Bertz CT molecular complexity index is 392. The number of hydrogen-bond acceptors (Lipinski definition) is 3. The lowest BCUT2D eigenvalue weighted by molar-refractivity contribution is 0.104. The van der Waals surface area contributed by atoms with Crippen molar-refractivity contribution in [2.75, 3.05) is 27.2 Å². The van der Waals surface area contributed by atoms with E-state index in [1.165, 1.54) is 16.7 Å². The summed E-state index contributed by atoms with van der Waals surface area (Å²) in [6.45, 7) is 9.57. The molecular weight excluding hydrogens is 224 g/mol. The third-order valence-corrected chi connectivity index (χ3v) is 3.65. The van der Waals surface area contributed by atoms with E-state index >= 15 is 0 Å². The number of hydrogen-bond donors (Lipinski definition) is 1. The van der Waals surface area contributed by atoms with E-state index in [9.17, 15) is 0 Å². The highest BCUT2D eigenvalue weighted by Crippen LogP contribution is 2.25. The van der Waals surface area contributed by atoms with Gasteiger partial charge in [0.15, 0.2) is 0 Å². The number of aryl methyl sites for hydroxylation is 3. The molecule has 3 nitrogen and oxygen atoms in total. The number of likely N-dealkylation sites (N-methyl/N-ethyl adjacent to an activating group) is 1. The first-order chi connectivity index (χ1) is 8.30. The Kier molecular flexibility index (Phi) is 4.77. The van der Waals surface area contributed by atoms with E-state index in [4.69, 9.17) is 10.5 Å². The minimum atomic E-state index is -0.135. The first-order valence-electron chi connectivity index (χ1n) is 6.38. The van der Waals surface area contributed by atoms with Gasteiger partial charge in [0.25, 0.3) is 0 Å². The summed E-state index contributed by atoms with van der Waals surface area (Å²) in [5.41, 5.74) is 9.36. The van der Waals surface area contributed by atoms with Crippen molar-refractivity contribution in [2.45, 2.75) is 33.2 Å². The molecule has 0 aliphatic carbocycles. The summed E-state index contributed by atoms with van der Waals surface area (Å²) in [7, 11) is 4.07. The zero-order valence-electron chi connectivity index (χ0n) is 12.5. The van der Waals surface area contributed by atoms with Crippen molar-refractivity contribution in [1.82, 2.24) is 4.90 Å². The molecule has 1 unspecified atom stereocenters. The molecule has 0 amide bonds. The number of rotatable bonds is 5. The van der Waals surface area contributed by atoms with Crippen LogP contribution in [-0.2, 0) is 0 Å². The van der Waals surface area contributed by atoms with E-state index in [0.29, 0.717) is 13.2 Å². The fourth-order valence-electron chi connectivity index (χ4n) is 1.99. The molecule has 0 bridgehead atoms. The summed E-state index contributed by atoms with van der Waals surface area (Å²) in [5.74, 6) is 0.988. The topological polar surface area (TPSA) is 38.5 Å². The highest BCUT2D eigenvalue weighted by molar-refractivity contribution is 5.43. The number of ether oxygens (including phenoxy) is 1. The van der Waals surface area contributed by atoms with Gasteiger partial charge in [0.2, 0.25) is 0 Å². The van der Waals surface area contributed by atoms with Gasteiger partial charge in [-0.15, -0.1) is 0 Å². The van der Waals surface area contributed by atoms with Crippen molar-refractivity contribution in [1.29, 1.82) is 0 Å². The molecule has 0 heterocycles. The normalized spacial score (nSPS) is 14.7. The lowest BCUT2D eigenvalue weighted by atomic mass is 10.0. The van der Waals surface area contributed by atoms with Crippen LogP contribution in [0, 0.1) is 20.8 Å². The third-order valence-electron chi connectivity index (χ3n) is 3.65. The van der Waals surface area contributed by atoms with Gasteiger partial charge in [-0.1, -0.05) is 17.7 Å². The minimum Gasteiger partial charge on any atom is -0.491 e. The van der Waals surface area contributed by atoms with E-state index in [1.807, 2.05) is 14.1 Å². The second kappa shape index (κ2) is 5.72. The fraction of sp³-hybridized carbons (Fsp3) is 0.600. The summed E-state index contributed by atoms with van der Waals surface area (Å²) in [4.78, 5) is 2.12. The van der Waals surface area contributed by atoms with Crippen molar-refractivity contribution in [3.63, 3.8) is 0 Å². The average Bonchev–Trinajstić information content (AvgIpc) is 2.26. The maximum atomic E-state index is 6.02. The van der Waals surface area contributed by atoms with E-state index in [-0.39, 0.29) is 5.54 Å². The van der Waals surface area contributed by atoms with Crippen LogP contribution in [0.3, 0.4) is 0 Å². The second-order valence-electron chi connectivity index (χ2n) is 5.61. The monoisotopic (exact) mass is 250 g/mol. The molecule has 1 aromatic rings. The summed E-state index contributed by atoms with van der Waals surface area (Å²) in [6, 6.07) is 4.30. The Labute approximate surface area is 111 Å². The molecular formula is C15H26N2O. The van der Waals surface area contributed by atoms with Crippen LogP contribution in [0.25, 0.3) is 0 Å². The van der Waals surface area contributed by atoms with Crippen LogP contribution in [0.5, 0.6) is 5.75 Å². The predicted octanol–water partition coefficient (Wildman–Crippen LogP) is 2.27. The zero-order chi connectivity index (χ0) is 13.9. The first kappa shape index (κ1) is 15.0. The highest BCUT2D eigenvalue weighted by Gasteiger charge is 2.26. The molecule has 0 fully saturated rings. The first-order valence-corrected chi connectivity index (χ1v) is 6.38. The van der Waals surface area contributed by atoms with Gasteiger partial charge >= 0.3 is 0 Å². The van der Waals surface area contributed by atoms with Crippen molar-refractivity contribution in [2.24, 2.45) is 5.73 Å². The molecule has 18 heavy (non-hydrogen) atoms. The smallest absolute Gasteiger partial charge is 0.125 e. The Morgan fingerprint density at radius 3 is 2.06 bits per heavy atom. The van der Waals surface area contributed by atoms with Gasteiger partial charge in [-0.25, -0.2) is 0 Å². The minimum absolute atomic E-state index is 0.135. The molecule has 0 saturated carbocycles.